The van der Waals surface area contributed by atoms with Crippen molar-refractivity contribution in [1.82, 2.24) is 4.90 Å². The van der Waals surface area contributed by atoms with E-state index in [4.69, 9.17) is 4.74 Å². The predicted octanol–water partition coefficient (Wildman–Crippen LogP) is 4.67. The summed E-state index contributed by atoms with van der Waals surface area (Å²) in [7, 11) is 0. The fourth-order valence-corrected chi connectivity index (χ4v) is 7.72. The maximum Gasteiger partial charge on any atom is 0.250 e. The van der Waals surface area contributed by atoms with Crippen molar-refractivity contribution in [3.63, 3.8) is 0 Å². The number of nitrogens with zero attached hydrogens (tertiary/aromatic N) is 2. The van der Waals surface area contributed by atoms with Gasteiger partial charge >= 0.3 is 0 Å². The summed E-state index contributed by atoms with van der Waals surface area (Å²) in [5.41, 5.74) is 0.417. The van der Waals surface area contributed by atoms with Crippen LogP contribution in [0.2, 0.25) is 0 Å². The number of hydrogen-bond acceptors (Lipinski definition) is 6. The molecule has 3 aliphatic heterocycles. The Labute approximate surface area is 255 Å². The Balaban J connectivity index is 1.45. The second-order valence-electron chi connectivity index (χ2n) is 12.4. The van der Waals surface area contributed by atoms with Crippen molar-refractivity contribution < 1.29 is 24.2 Å². The summed E-state index contributed by atoms with van der Waals surface area (Å²) >= 11 is 0. The molecule has 3 aliphatic rings. The Kier molecular flexibility index (Phi) is 9.13. The minimum Gasteiger partial charge on any atom is -0.396 e. The molecule has 43 heavy (non-hydrogen) atoms. The van der Waals surface area contributed by atoms with Gasteiger partial charge in [-0.3, -0.25) is 14.4 Å². The van der Waals surface area contributed by atoms with Crippen LogP contribution in [0.3, 0.4) is 0 Å². The molecule has 2 bridgehead atoms. The van der Waals surface area contributed by atoms with Gasteiger partial charge in [0.2, 0.25) is 17.7 Å². The summed E-state index contributed by atoms with van der Waals surface area (Å²) in [4.78, 5) is 46.3. The third-order valence-corrected chi connectivity index (χ3v) is 9.96. The van der Waals surface area contributed by atoms with Crippen LogP contribution in [0.5, 0.6) is 0 Å². The maximum absolute atomic E-state index is 14.3. The van der Waals surface area contributed by atoms with Gasteiger partial charge in [0.05, 0.1) is 17.4 Å². The molecule has 0 radical (unpaired) electrons. The van der Waals surface area contributed by atoms with E-state index < -0.39 is 29.1 Å². The van der Waals surface area contributed by atoms with E-state index in [0.29, 0.717) is 37.2 Å². The van der Waals surface area contributed by atoms with Crippen LogP contribution in [-0.2, 0) is 19.1 Å². The highest BCUT2D eigenvalue weighted by Gasteiger charge is 2.79. The number of amides is 3. The quantitative estimate of drug-likeness (QED) is 0.293. The van der Waals surface area contributed by atoms with E-state index in [-0.39, 0.29) is 30.2 Å². The minimum absolute atomic E-state index is 0.0313. The van der Waals surface area contributed by atoms with Gasteiger partial charge in [-0.2, -0.15) is 0 Å². The zero-order valence-electron chi connectivity index (χ0n) is 25.8. The number of nitrogens with one attached hydrogen (secondary N) is 2. The lowest BCUT2D eigenvalue weighted by atomic mass is 9.62. The fraction of sp³-hybridized carbons (Fsp3) is 0.559. The molecule has 3 heterocycles. The van der Waals surface area contributed by atoms with Crippen LogP contribution in [-0.4, -0.2) is 71.2 Å². The van der Waals surface area contributed by atoms with Gasteiger partial charge in [0, 0.05) is 43.3 Å². The highest BCUT2D eigenvalue weighted by atomic mass is 16.5. The molecule has 2 aromatic carbocycles. The molecule has 0 aliphatic carbocycles. The SMILES string of the molecule is CCN(CC)c1ccc(NC(=O)C2N(CCCCCCO)C(=O)[C@@H]3[C@H](C(=O)Nc4ccccc4)[C@@]4(C)OC23CC4C)cc1. The number of aliphatic hydroxyl groups excluding tert-OH is 1. The lowest BCUT2D eigenvalue weighted by Crippen LogP contribution is -2.54. The number of ether oxygens (including phenoxy) is 1. The first kappa shape index (κ1) is 31.0. The van der Waals surface area contributed by atoms with Crippen molar-refractivity contribution in [3.8, 4) is 0 Å². The monoisotopic (exact) mass is 590 g/mol. The van der Waals surface area contributed by atoms with Crippen molar-refractivity contribution in [2.24, 2.45) is 17.8 Å². The number of carbonyl (C=O) groups is 3. The van der Waals surface area contributed by atoms with Crippen molar-refractivity contribution in [2.75, 3.05) is 41.8 Å². The van der Waals surface area contributed by atoms with Crippen LogP contribution in [0, 0.1) is 17.8 Å². The van der Waals surface area contributed by atoms with Crippen molar-refractivity contribution in [1.29, 1.82) is 0 Å². The lowest BCUT2D eigenvalue weighted by molar-refractivity contribution is -0.144. The molecule has 9 heteroatoms. The number of carbonyl (C=O) groups excluding carboxylic acids is 3. The molecule has 3 saturated heterocycles. The van der Waals surface area contributed by atoms with Gasteiger partial charge in [-0.05, 0) is 82.3 Å². The van der Waals surface area contributed by atoms with Crippen LogP contribution in [0.15, 0.2) is 54.6 Å². The highest BCUT2D eigenvalue weighted by Crippen LogP contribution is 2.65. The standard InChI is InChI=1S/C34H46N4O5/c1-5-37(6-2)26-18-16-25(17-19-26)36-31(41)29-34-22-23(3)33(4,43-34)27(30(40)35-24-14-10-9-11-15-24)28(34)32(42)38(29)20-12-7-8-13-21-39/h9-11,14-19,23,27-29,39H,5-8,12-13,20-22H2,1-4H3,(H,35,40)(H,36,41)/t23?,27-,28+,29?,33+,34?/m1/s1. The number of para-hydroxylation sites is 1. The van der Waals surface area contributed by atoms with Gasteiger partial charge in [-0.1, -0.05) is 38.0 Å². The predicted molar refractivity (Wildman–Crippen MR) is 168 cm³/mol. The molecular formula is C34H46N4O5. The number of aliphatic hydroxyl groups is 1. The number of anilines is 3. The van der Waals surface area contributed by atoms with Crippen LogP contribution in [0.4, 0.5) is 17.1 Å². The minimum atomic E-state index is -1.10. The third kappa shape index (κ3) is 5.53. The van der Waals surface area contributed by atoms with Crippen molar-refractivity contribution in [2.45, 2.75) is 77.0 Å². The lowest BCUT2D eigenvalue weighted by Gasteiger charge is -2.36. The van der Waals surface area contributed by atoms with Gasteiger partial charge < -0.3 is 30.3 Å². The van der Waals surface area contributed by atoms with Crippen LogP contribution in [0.25, 0.3) is 0 Å². The molecule has 0 aromatic heterocycles. The van der Waals surface area contributed by atoms with E-state index in [0.717, 1.165) is 31.6 Å². The maximum atomic E-state index is 14.3. The first-order chi connectivity index (χ1) is 20.7. The third-order valence-electron chi connectivity index (χ3n) is 9.96. The molecule has 3 amide bonds. The van der Waals surface area contributed by atoms with E-state index in [9.17, 15) is 19.5 Å². The Morgan fingerprint density at radius 1 is 0.953 bits per heavy atom. The molecule has 2 aromatic rings. The zero-order chi connectivity index (χ0) is 30.8. The molecule has 3 fully saturated rings. The molecule has 6 atom stereocenters. The summed E-state index contributed by atoms with van der Waals surface area (Å²) in [5.74, 6) is -2.25. The number of benzene rings is 2. The van der Waals surface area contributed by atoms with E-state index in [1.165, 1.54) is 0 Å². The van der Waals surface area contributed by atoms with Crippen molar-refractivity contribution >= 4 is 34.8 Å². The number of fused-ring (bicyclic) bond motifs is 1. The number of hydrogen-bond donors (Lipinski definition) is 3. The first-order valence-corrected chi connectivity index (χ1v) is 15.8. The van der Waals surface area contributed by atoms with E-state index in [1.54, 1.807) is 4.90 Å². The smallest absolute Gasteiger partial charge is 0.250 e. The van der Waals surface area contributed by atoms with Crippen LogP contribution in [0.1, 0.15) is 59.8 Å². The largest absolute Gasteiger partial charge is 0.396 e. The Hall–Kier alpha value is -3.43. The second-order valence-corrected chi connectivity index (χ2v) is 12.4. The average molecular weight is 591 g/mol. The van der Waals surface area contributed by atoms with Gasteiger partial charge in [-0.25, -0.2) is 0 Å². The Morgan fingerprint density at radius 3 is 2.23 bits per heavy atom. The molecule has 5 rings (SSSR count). The normalized spacial score (nSPS) is 29.0. The molecular weight excluding hydrogens is 544 g/mol. The summed E-state index contributed by atoms with van der Waals surface area (Å²) in [5, 5.41) is 15.3. The van der Waals surface area contributed by atoms with Crippen LogP contribution < -0.4 is 15.5 Å². The molecule has 9 nitrogen and oxygen atoms in total. The summed E-state index contributed by atoms with van der Waals surface area (Å²) in [6, 6.07) is 16.2. The molecule has 1 spiro atoms. The summed E-state index contributed by atoms with van der Waals surface area (Å²) < 4.78 is 6.83. The van der Waals surface area contributed by atoms with E-state index >= 15 is 0 Å². The molecule has 3 N–H and O–H groups in total. The first-order valence-electron chi connectivity index (χ1n) is 15.8. The Bertz CT molecular complexity index is 1300. The van der Waals surface area contributed by atoms with Gasteiger partial charge in [0.1, 0.15) is 11.6 Å². The number of rotatable bonds is 13. The average Bonchev–Trinajstić information content (AvgIpc) is 3.51. The summed E-state index contributed by atoms with van der Waals surface area (Å²) in [6.07, 6.45) is 3.60. The molecule has 3 unspecified atom stereocenters. The van der Waals surface area contributed by atoms with E-state index in [2.05, 4.69) is 36.3 Å². The number of unbranched alkanes of at least 4 members (excludes halogenated alkanes) is 3. The zero-order valence-corrected chi connectivity index (χ0v) is 25.8. The van der Waals surface area contributed by atoms with Crippen molar-refractivity contribution in [3.05, 3.63) is 54.6 Å². The van der Waals surface area contributed by atoms with Crippen LogP contribution >= 0.6 is 0 Å². The van der Waals surface area contributed by atoms with Gasteiger partial charge in [0.25, 0.3) is 0 Å². The number of likely N-dealkylation sites (tertiary alicyclic amines) is 1. The second kappa shape index (κ2) is 12.7. The summed E-state index contributed by atoms with van der Waals surface area (Å²) in [6.45, 7) is 10.5. The Morgan fingerprint density at radius 2 is 1.58 bits per heavy atom. The fourth-order valence-electron chi connectivity index (χ4n) is 7.72. The van der Waals surface area contributed by atoms with E-state index in [1.807, 2.05) is 61.5 Å². The molecule has 232 valence electrons. The van der Waals surface area contributed by atoms with Gasteiger partial charge in [0.15, 0.2) is 0 Å². The van der Waals surface area contributed by atoms with Gasteiger partial charge in [-0.15, -0.1) is 0 Å². The topological polar surface area (TPSA) is 111 Å². The molecule has 0 saturated carbocycles. The highest BCUT2D eigenvalue weighted by molar-refractivity contribution is 6.05.